The van der Waals surface area contributed by atoms with Crippen LogP contribution in [0.15, 0.2) is 30.3 Å². The molecule has 0 bridgehead atoms. The number of carbonyl (C=O) groups is 6. The first-order valence-corrected chi connectivity index (χ1v) is 18.1. The van der Waals surface area contributed by atoms with Crippen molar-refractivity contribution in [3.05, 3.63) is 35.9 Å². The Morgan fingerprint density at radius 2 is 1.68 bits per heavy atom. The van der Waals surface area contributed by atoms with Crippen molar-refractivity contribution in [2.24, 2.45) is 17.8 Å². The van der Waals surface area contributed by atoms with Crippen molar-refractivity contribution in [2.45, 2.75) is 84.5 Å². The second-order valence-electron chi connectivity index (χ2n) is 13.1. The normalized spacial score (nSPS) is 20.6. The molecule has 2 fully saturated rings. The number of likely N-dealkylation sites (tertiary alicyclic amines) is 2. The maximum atomic E-state index is 13.4. The lowest BCUT2D eigenvalue weighted by Crippen LogP contribution is -2.51. The highest BCUT2D eigenvalue weighted by Gasteiger charge is 2.45. The lowest BCUT2D eigenvalue weighted by atomic mass is 9.96. The number of nitrogens with zero attached hydrogens (tertiary/aromatic N) is 2. The molecule has 3 rings (SSSR count). The Balaban J connectivity index is 1.62. The van der Waals surface area contributed by atoms with Crippen molar-refractivity contribution in [1.82, 2.24) is 25.8 Å². The Hall–Kier alpha value is -3.77. The summed E-state index contributed by atoms with van der Waals surface area (Å²) in [6, 6.07) is 6.08. The molecule has 0 spiro atoms. The molecule has 5 atom stereocenters. The number of nitrogens with one attached hydrogen (secondary N) is 3. The van der Waals surface area contributed by atoms with Crippen LogP contribution in [0.4, 0.5) is 4.79 Å². The van der Waals surface area contributed by atoms with E-state index in [9.17, 15) is 38.2 Å². The van der Waals surface area contributed by atoms with E-state index in [0.29, 0.717) is 24.2 Å². The fraction of sp³-hybridized carbons (Fsp3) is 0.625. The highest BCUT2D eigenvalue weighted by molar-refractivity contribution is 7.58. The fourth-order valence-corrected chi connectivity index (χ4v) is 7.75. The number of amides is 6. The maximum Gasteiger partial charge on any atom is 0.410 e. The quantitative estimate of drug-likeness (QED) is 0.159. The molecule has 47 heavy (non-hydrogen) atoms. The maximum absolute atomic E-state index is 13.4. The van der Waals surface area contributed by atoms with E-state index in [1.165, 1.54) is 11.9 Å². The lowest BCUT2D eigenvalue weighted by Gasteiger charge is -2.27. The summed E-state index contributed by atoms with van der Waals surface area (Å²) in [5.41, 5.74) is 0.785. The van der Waals surface area contributed by atoms with E-state index in [0.717, 1.165) is 5.56 Å². The van der Waals surface area contributed by atoms with E-state index in [1.54, 1.807) is 12.1 Å². The van der Waals surface area contributed by atoms with E-state index < -0.39 is 80.0 Å². The number of imide groups is 1. The molecule has 15 heteroatoms. The highest BCUT2D eigenvalue weighted by atomic mass is 31.2. The van der Waals surface area contributed by atoms with E-state index in [1.807, 2.05) is 45.9 Å². The first-order chi connectivity index (χ1) is 22.1. The third-order valence-corrected chi connectivity index (χ3v) is 9.87. The average molecular weight is 678 g/mol. The Kier molecular flexibility index (Phi) is 13.5. The minimum atomic E-state index is -4.28. The molecule has 6 amide bonds. The molecule has 2 saturated heterocycles. The van der Waals surface area contributed by atoms with Gasteiger partial charge in [-0.25, -0.2) is 4.79 Å². The third-order valence-electron chi connectivity index (χ3n) is 8.14. The molecule has 14 nitrogen and oxygen atoms in total. The molecule has 2 aliphatic rings. The van der Waals surface area contributed by atoms with Gasteiger partial charge in [-0.3, -0.25) is 38.3 Å². The summed E-state index contributed by atoms with van der Waals surface area (Å²) in [4.78, 5) is 90.5. The minimum Gasteiger partial charge on any atom is -0.445 e. The number of hydrogen-bond acceptors (Lipinski definition) is 8. The van der Waals surface area contributed by atoms with Crippen molar-refractivity contribution in [3.63, 3.8) is 0 Å². The predicted octanol–water partition coefficient (Wildman–Crippen LogP) is 2.20. The van der Waals surface area contributed by atoms with Gasteiger partial charge in [0, 0.05) is 25.7 Å². The summed E-state index contributed by atoms with van der Waals surface area (Å²) in [6.07, 6.45) is -0.904. The second-order valence-corrected chi connectivity index (χ2v) is 15.5. The largest absolute Gasteiger partial charge is 0.445 e. The number of ether oxygens (including phenoxy) is 1. The molecule has 260 valence electrons. The topological polar surface area (TPSA) is 192 Å². The minimum absolute atomic E-state index is 0.0303. The smallest absolute Gasteiger partial charge is 0.410 e. The Bertz CT molecular complexity index is 1360. The van der Waals surface area contributed by atoms with Crippen LogP contribution >= 0.6 is 7.37 Å². The van der Waals surface area contributed by atoms with Gasteiger partial charge in [0.1, 0.15) is 31.0 Å². The van der Waals surface area contributed by atoms with Gasteiger partial charge >= 0.3 is 6.09 Å². The van der Waals surface area contributed by atoms with Crippen molar-refractivity contribution < 1.29 is 43.0 Å². The van der Waals surface area contributed by atoms with Crippen LogP contribution in [0.2, 0.25) is 0 Å². The summed E-state index contributed by atoms with van der Waals surface area (Å²) in [6.45, 7) is 7.82. The summed E-state index contributed by atoms with van der Waals surface area (Å²) in [5, 5.41) is 7.77. The summed E-state index contributed by atoms with van der Waals surface area (Å²) in [5.74, 6) is -4.03. The van der Waals surface area contributed by atoms with Gasteiger partial charge in [0.05, 0.1) is 6.42 Å². The van der Waals surface area contributed by atoms with Crippen LogP contribution in [0, 0.1) is 17.8 Å². The van der Waals surface area contributed by atoms with Gasteiger partial charge in [-0.05, 0) is 43.1 Å². The van der Waals surface area contributed by atoms with Crippen LogP contribution < -0.4 is 16.0 Å². The summed E-state index contributed by atoms with van der Waals surface area (Å²) in [7, 11) is -2.82. The van der Waals surface area contributed by atoms with E-state index in [-0.39, 0.29) is 37.3 Å². The first-order valence-electron chi connectivity index (χ1n) is 16.1. The highest BCUT2D eigenvalue weighted by Crippen LogP contribution is 2.45. The number of likely N-dealkylation sites (N-methyl/N-ethyl adjacent to an activating group) is 1. The van der Waals surface area contributed by atoms with Gasteiger partial charge in [-0.15, -0.1) is 0 Å². The van der Waals surface area contributed by atoms with Crippen LogP contribution in [0.3, 0.4) is 0 Å². The Morgan fingerprint density at radius 1 is 1.02 bits per heavy atom. The van der Waals surface area contributed by atoms with Crippen molar-refractivity contribution in [2.75, 3.05) is 26.0 Å². The number of hydrogen-bond donors (Lipinski definition) is 4. The monoisotopic (exact) mass is 677 g/mol. The SMILES string of the molecule is CNC(=O)[C@H](CC(C)C)NC(=O)C(CC(C)C)CP(=O)(O)CN1C(=O)C[C@H](NC(=O)[C@@H]2CCCN2C(=O)OCc2ccccc2)C1=O. The van der Waals surface area contributed by atoms with E-state index in [2.05, 4.69) is 16.0 Å². The Labute approximate surface area is 275 Å². The van der Waals surface area contributed by atoms with Gasteiger partial charge in [-0.2, -0.15) is 0 Å². The summed E-state index contributed by atoms with van der Waals surface area (Å²) < 4.78 is 18.8. The zero-order valence-electron chi connectivity index (χ0n) is 27.8. The van der Waals surface area contributed by atoms with Gasteiger partial charge in [0.2, 0.25) is 31.0 Å². The average Bonchev–Trinajstić information content (AvgIpc) is 3.60. The van der Waals surface area contributed by atoms with Crippen LogP contribution in [-0.2, 0) is 39.9 Å². The summed E-state index contributed by atoms with van der Waals surface area (Å²) >= 11 is 0. The number of rotatable bonds is 15. The molecule has 0 aliphatic carbocycles. The van der Waals surface area contributed by atoms with E-state index >= 15 is 0 Å². The van der Waals surface area contributed by atoms with Gasteiger partial charge in [0.15, 0.2) is 0 Å². The van der Waals surface area contributed by atoms with Gasteiger partial charge in [-0.1, -0.05) is 58.0 Å². The van der Waals surface area contributed by atoms with Crippen molar-refractivity contribution >= 4 is 43.0 Å². The molecule has 2 unspecified atom stereocenters. The van der Waals surface area contributed by atoms with Gasteiger partial charge < -0.3 is 25.6 Å². The van der Waals surface area contributed by atoms with E-state index in [4.69, 9.17) is 4.74 Å². The molecule has 0 aromatic heterocycles. The third kappa shape index (κ3) is 10.9. The lowest BCUT2D eigenvalue weighted by molar-refractivity contribution is -0.139. The molecule has 2 aliphatic heterocycles. The van der Waals surface area contributed by atoms with Crippen LogP contribution in [-0.4, -0.2) is 94.5 Å². The molecule has 0 saturated carbocycles. The van der Waals surface area contributed by atoms with Gasteiger partial charge in [0.25, 0.3) is 5.91 Å². The fourth-order valence-electron chi connectivity index (χ4n) is 5.90. The molecule has 1 aromatic carbocycles. The predicted molar refractivity (Wildman–Crippen MR) is 173 cm³/mol. The zero-order chi connectivity index (χ0) is 34.9. The molecule has 2 heterocycles. The number of carbonyl (C=O) groups excluding carboxylic acids is 6. The Morgan fingerprint density at radius 3 is 2.30 bits per heavy atom. The molecular formula is C32H48N5O9P. The van der Waals surface area contributed by atoms with Crippen molar-refractivity contribution in [3.8, 4) is 0 Å². The molecule has 1 aromatic rings. The van der Waals surface area contributed by atoms with Crippen LogP contribution in [0.25, 0.3) is 0 Å². The molecule has 0 radical (unpaired) electrons. The van der Waals surface area contributed by atoms with Crippen LogP contribution in [0.5, 0.6) is 0 Å². The zero-order valence-corrected chi connectivity index (χ0v) is 28.7. The first kappa shape index (κ1) is 37.7. The standard InChI is InChI=1S/C32H48N5O9P/c1-20(2)14-23(28(39)34-24(15-21(3)4)29(40)33-5)18-47(44,45)19-37-27(38)16-25(31(37)42)35-30(41)26-12-9-13-36(26)32(43)46-17-22-10-7-6-8-11-22/h6-8,10-11,20-21,23-26H,9,12-19H2,1-5H3,(H,33,40)(H,34,39)(H,35,41)(H,44,45)/t23?,24-,25-,26-/m0/s1. The molecular weight excluding hydrogens is 629 g/mol. The molecule has 4 N–H and O–H groups in total. The van der Waals surface area contributed by atoms with Crippen LogP contribution in [0.1, 0.15) is 65.4 Å². The van der Waals surface area contributed by atoms with Crippen molar-refractivity contribution in [1.29, 1.82) is 0 Å². The number of benzene rings is 1. The second kappa shape index (κ2) is 16.9.